The Bertz CT molecular complexity index is 681. The highest BCUT2D eigenvalue weighted by molar-refractivity contribution is 8.05. The quantitative estimate of drug-likeness (QED) is 0.708. The smallest absolute Gasteiger partial charge is 0.380 e. The van der Waals surface area contributed by atoms with Crippen LogP contribution in [0.3, 0.4) is 0 Å². The van der Waals surface area contributed by atoms with Crippen molar-refractivity contribution in [2.24, 2.45) is 0 Å². The third-order valence-electron chi connectivity index (χ3n) is 3.52. The third-order valence-corrected chi connectivity index (χ3v) is 4.56. The van der Waals surface area contributed by atoms with Crippen LogP contribution < -0.4 is 10.6 Å². The van der Waals surface area contributed by atoms with E-state index >= 15 is 0 Å². The van der Waals surface area contributed by atoms with Gasteiger partial charge in [-0.15, -0.1) is 0 Å². The number of hydrogen-bond donors (Lipinski definition) is 1. The lowest BCUT2D eigenvalue weighted by Gasteiger charge is -2.21. The number of aliphatic hydroxyl groups excluding tert-OH is 1. The van der Waals surface area contributed by atoms with Crippen molar-refractivity contribution < 1.29 is 23.7 Å². The molecular formula is C12H18Cl2N3O6P. The van der Waals surface area contributed by atoms with E-state index in [1.165, 1.54) is 17.9 Å². The number of nitrogens with zero attached hydrogens (tertiary/aromatic N) is 3. The average Bonchev–Trinajstić information content (AvgIpc) is 2.80. The van der Waals surface area contributed by atoms with Gasteiger partial charge < -0.3 is 24.0 Å². The van der Waals surface area contributed by atoms with Crippen molar-refractivity contribution in [3.8, 4) is 0 Å². The normalized spacial score (nSPS) is 27.4. The molecule has 9 nitrogen and oxygen atoms in total. The van der Waals surface area contributed by atoms with Crippen molar-refractivity contribution in [2.45, 2.75) is 24.5 Å². The Morgan fingerprint density at radius 1 is 1.50 bits per heavy atom. The van der Waals surface area contributed by atoms with Gasteiger partial charge in [-0.05, 0) is 28.5 Å². The molecule has 0 amide bonds. The largest absolute Gasteiger partial charge is 0.387 e. The first-order valence-electron chi connectivity index (χ1n) is 6.91. The molecule has 0 bridgehead atoms. The first-order chi connectivity index (χ1) is 11.1. The number of hydrogen-bond acceptors (Lipinski definition) is 8. The molecule has 1 saturated heterocycles. The summed E-state index contributed by atoms with van der Waals surface area (Å²) in [5, 5.41) is 10.3. The van der Waals surface area contributed by atoms with Gasteiger partial charge in [0.2, 0.25) is 0 Å². The van der Waals surface area contributed by atoms with Crippen LogP contribution in [0, 0.1) is 0 Å². The van der Waals surface area contributed by atoms with Crippen LogP contribution in [0.5, 0.6) is 0 Å². The maximum Gasteiger partial charge on any atom is 0.380 e. The molecule has 0 saturated carbocycles. The van der Waals surface area contributed by atoms with Gasteiger partial charge in [0.1, 0.15) is 24.1 Å². The van der Waals surface area contributed by atoms with Crippen molar-refractivity contribution in [1.82, 2.24) is 9.55 Å². The van der Waals surface area contributed by atoms with E-state index in [0.717, 1.165) is 0 Å². The first kappa shape index (κ1) is 19.7. The highest BCUT2D eigenvalue weighted by atomic mass is 35.9. The fourth-order valence-electron chi connectivity index (χ4n) is 2.34. The molecule has 1 aromatic rings. The molecule has 0 aliphatic carbocycles. The summed E-state index contributed by atoms with van der Waals surface area (Å²) in [4.78, 5) is 17.8. The van der Waals surface area contributed by atoms with Crippen molar-refractivity contribution in [1.29, 1.82) is 0 Å². The summed E-state index contributed by atoms with van der Waals surface area (Å²) in [6.07, 6.45) is -6.12. The maximum atomic E-state index is 12.2. The summed E-state index contributed by atoms with van der Waals surface area (Å²) >= 11 is 10.6. The van der Waals surface area contributed by atoms with Crippen LogP contribution in [0.25, 0.3) is 0 Å². The van der Waals surface area contributed by atoms with Gasteiger partial charge in [-0.1, -0.05) is 0 Å². The number of ether oxygens (including phenoxy) is 2. The van der Waals surface area contributed by atoms with Gasteiger partial charge in [-0.3, -0.25) is 9.13 Å². The van der Waals surface area contributed by atoms with Gasteiger partial charge in [0.25, 0.3) is 0 Å². The predicted octanol–water partition coefficient (Wildman–Crippen LogP) is 1.18. The Labute approximate surface area is 148 Å². The number of rotatable bonds is 6. The van der Waals surface area contributed by atoms with Crippen LogP contribution in [0.15, 0.2) is 17.1 Å². The van der Waals surface area contributed by atoms with E-state index in [1.54, 1.807) is 25.1 Å². The number of halogens is 2. The molecule has 0 aromatic carbocycles. The Balaban J connectivity index is 2.23. The molecule has 4 atom stereocenters. The Morgan fingerprint density at radius 2 is 2.17 bits per heavy atom. The van der Waals surface area contributed by atoms with Crippen molar-refractivity contribution >= 4 is 34.4 Å². The van der Waals surface area contributed by atoms with E-state index in [1.807, 2.05) is 0 Å². The van der Waals surface area contributed by atoms with Gasteiger partial charge in [0.15, 0.2) is 6.23 Å². The molecular weight excluding hydrogens is 384 g/mol. The fraction of sp³-hybridized carbons (Fsp3) is 0.667. The second kappa shape index (κ2) is 7.70. The first-order valence-corrected chi connectivity index (χ1v) is 10.3. The standard InChI is InChI=1S/C12H18Cl2N3O6P/c1-16(2)8-4-5-17(12(19)15-8)11-10(21-3)9(18)7(23-11)6-22-24(13,14)20/h4-5,7,9-11,18H,6H2,1-3H3/t7-,9+,10?,11-/m1/s1. The minimum atomic E-state index is -3.77. The molecule has 0 radical (unpaired) electrons. The Hall–Kier alpha value is -0.670. The second-order valence-corrected chi connectivity index (χ2v) is 9.61. The van der Waals surface area contributed by atoms with E-state index in [0.29, 0.717) is 5.82 Å². The summed E-state index contributed by atoms with van der Waals surface area (Å²) < 4.78 is 28.0. The second-order valence-electron chi connectivity index (χ2n) is 5.34. The van der Waals surface area contributed by atoms with Gasteiger partial charge in [-0.2, -0.15) is 4.98 Å². The third kappa shape index (κ3) is 4.49. The monoisotopic (exact) mass is 401 g/mol. The molecule has 1 aliphatic rings. The molecule has 136 valence electrons. The minimum absolute atomic E-state index is 0.320. The molecule has 0 spiro atoms. The molecule has 2 rings (SSSR count). The molecule has 24 heavy (non-hydrogen) atoms. The number of methoxy groups -OCH3 is 1. The summed E-state index contributed by atoms with van der Waals surface area (Å²) in [5.41, 5.74) is -0.567. The van der Waals surface area contributed by atoms with Crippen molar-refractivity contribution in [2.75, 3.05) is 32.7 Å². The van der Waals surface area contributed by atoms with E-state index < -0.39 is 36.3 Å². The molecule has 1 unspecified atom stereocenters. The van der Waals surface area contributed by atoms with Crippen molar-refractivity contribution in [3.05, 3.63) is 22.7 Å². The zero-order valence-electron chi connectivity index (χ0n) is 13.2. The molecule has 1 aromatic heterocycles. The Kier molecular flexibility index (Phi) is 6.30. The van der Waals surface area contributed by atoms with Crippen LogP contribution in [-0.4, -0.2) is 60.8 Å². The molecule has 1 N–H and O–H groups in total. The van der Waals surface area contributed by atoms with Crippen LogP contribution >= 0.6 is 28.6 Å². The van der Waals surface area contributed by atoms with Crippen LogP contribution in [0.4, 0.5) is 5.82 Å². The van der Waals surface area contributed by atoms with Gasteiger partial charge in [-0.25, -0.2) is 4.79 Å². The lowest BCUT2D eigenvalue weighted by molar-refractivity contribution is -0.0597. The molecule has 1 fully saturated rings. The molecule has 2 heterocycles. The van der Waals surface area contributed by atoms with Crippen LogP contribution in [0.2, 0.25) is 0 Å². The van der Waals surface area contributed by atoms with Gasteiger partial charge >= 0.3 is 11.8 Å². The maximum absolute atomic E-state index is 12.2. The average molecular weight is 402 g/mol. The van der Waals surface area contributed by atoms with Gasteiger partial charge in [0.05, 0.1) is 6.61 Å². The summed E-state index contributed by atoms with van der Waals surface area (Å²) in [6.45, 7) is -0.320. The van der Waals surface area contributed by atoms with Gasteiger partial charge in [0, 0.05) is 27.4 Å². The number of aliphatic hydroxyl groups is 1. The lowest BCUT2D eigenvalue weighted by atomic mass is 10.1. The summed E-state index contributed by atoms with van der Waals surface area (Å²) in [7, 11) is 4.88. The van der Waals surface area contributed by atoms with E-state index in [4.69, 9.17) is 36.5 Å². The van der Waals surface area contributed by atoms with E-state index in [-0.39, 0.29) is 6.61 Å². The number of aromatic nitrogens is 2. The molecule has 12 heteroatoms. The molecule has 1 aliphatic heterocycles. The number of anilines is 1. The Morgan fingerprint density at radius 3 is 2.67 bits per heavy atom. The van der Waals surface area contributed by atoms with Crippen LogP contribution in [-0.2, 0) is 18.6 Å². The SMILES string of the molecule is COC1[C@@H](O)[C@@H](COP(=O)(Cl)Cl)O[C@H]1n1ccc(N(C)C)nc1=O. The summed E-state index contributed by atoms with van der Waals surface area (Å²) in [6, 6.07) is 1.62. The zero-order chi connectivity index (χ0) is 18.1. The highest BCUT2D eigenvalue weighted by Gasteiger charge is 2.46. The van der Waals surface area contributed by atoms with Crippen molar-refractivity contribution in [3.63, 3.8) is 0 Å². The lowest BCUT2D eigenvalue weighted by Crippen LogP contribution is -2.37. The highest BCUT2D eigenvalue weighted by Crippen LogP contribution is 2.57. The topological polar surface area (TPSA) is 103 Å². The summed E-state index contributed by atoms with van der Waals surface area (Å²) in [5.74, 6) is 0.480. The predicted molar refractivity (Wildman–Crippen MR) is 88.8 cm³/mol. The van der Waals surface area contributed by atoms with E-state index in [9.17, 15) is 14.5 Å². The van der Waals surface area contributed by atoms with E-state index in [2.05, 4.69) is 4.98 Å². The van der Waals surface area contributed by atoms with Crippen LogP contribution in [0.1, 0.15) is 6.23 Å². The minimum Gasteiger partial charge on any atom is -0.387 e. The zero-order valence-corrected chi connectivity index (χ0v) is 15.6. The fourth-order valence-corrected chi connectivity index (χ4v) is 3.00.